The highest BCUT2D eigenvalue weighted by Crippen LogP contribution is 2.26. The highest BCUT2D eigenvalue weighted by Gasteiger charge is 2.23. The molecule has 0 bridgehead atoms. The topological polar surface area (TPSA) is 75.9 Å². The highest BCUT2D eigenvalue weighted by atomic mass is 16.5. The van der Waals surface area contributed by atoms with Crippen LogP contribution in [0.3, 0.4) is 0 Å². The van der Waals surface area contributed by atoms with Gasteiger partial charge in [0.05, 0.1) is 24.9 Å². The van der Waals surface area contributed by atoms with Gasteiger partial charge in [-0.15, -0.1) is 0 Å². The van der Waals surface area contributed by atoms with Gasteiger partial charge in [0.25, 0.3) is 0 Å². The number of hydrogen-bond acceptors (Lipinski definition) is 5. The summed E-state index contributed by atoms with van der Waals surface area (Å²) >= 11 is 0. The van der Waals surface area contributed by atoms with Crippen LogP contribution in [0.4, 0.5) is 5.69 Å². The van der Waals surface area contributed by atoms with E-state index >= 15 is 0 Å². The lowest BCUT2D eigenvalue weighted by atomic mass is 10.1. The summed E-state index contributed by atoms with van der Waals surface area (Å²) in [5.41, 5.74) is 7.77. The molecule has 2 rings (SSSR count). The molecule has 0 aromatic heterocycles. The minimum absolute atomic E-state index is 0.283. The average molecular weight is 291 g/mol. The third kappa shape index (κ3) is 3.52. The van der Waals surface area contributed by atoms with Gasteiger partial charge in [-0.05, 0) is 18.6 Å². The molecule has 1 heterocycles. The zero-order valence-corrected chi connectivity index (χ0v) is 12.5. The number of aryl methyl sites for hydroxylation is 1. The molecule has 1 saturated heterocycles. The van der Waals surface area contributed by atoms with Crippen LogP contribution in [-0.2, 0) is 9.53 Å². The van der Waals surface area contributed by atoms with E-state index in [-0.39, 0.29) is 18.4 Å². The minimum atomic E-state index is -0.326. The Hall–Kier alpha value is -2.08. The van der Waals surface area contributed by atoms with E-state index in [4.69, 9.17) is 10.5 Å². The minimum Gasteiger partial charge on any atom is -0.465 e. The third-order valence-corrected chi connectivity index (χ3v) is 3.71. The number of amides is 1. The number of ether oxygens (including phenoxy) is 1. The van der Waals surface area contributed by atoms with E-state index in [1.807, 2.05) is 24.0 Å². The maximum absolute atomic E-state index is 11.9. The summed E-state index contributed by atoms with van der Waals surface area (Å²) in [6, 6.07) is 5.62. The van der Waals surface area contributed by atoms with Crippen molar-refractivity contribution in [1.82, 2.24) is 4.90 Å². The van der Waals surface area contributed by atoms with Crippen LogP contribution in [0.1, 0.15) is 15.9 Å². The standard InChI is InChI=1S/C15H21N3O3/c1-11-4-3-5-12(15(20)21-2)14(11)18-8-6-17(7-9-18)10-13(16)19/h3-5H,6-10H2,1-2H3,(H2,16,19). The first-order chi connectivity index (χ1) is 10.0. The summed E-state index contributed by atoms with van der Waals surface area (Å²) in [6.07, 6.45) is 0. The van der Waals surface area contributed by atoms with Crippen molar-refractivity contribution < 1.29 is 14.3 Å². The second kappa shape index (κ2) is 6.58. The van der Waals surface area contributed by atoms with Gasteiger partial charge in [-0.25, -0.2) is 4.79 Å². The van der Waals surface area contributed by atoms with Crippen LogP contribution in [-0.4, -0.2) is 56.6 Å². The number of piperazine rings is 1. The van der Waals surface area contributed by atoms with Gasteiger partial charge in [0.2, 0.25) is 5.91 Å². The van der Waals surface area contributed by atoms with Crippen molar-refractivity contribution in [2.24, 2.45) is 5.73 Å². The lowest BCUT2D eigenvalue weighted by molar-refractivity contribution is -0.119. The lowest BCUT2D eigenvalue weighted by Gasteiger charge is -2.36. The van der Waals surface area contributed by atoms with Crippen LogP contribution in [0.15, 0.2) is 18.2 Å². The fraction of sp³-hybridized carbons (Fsp3) is 0.467. The van der Waals surface area contributed by atoms with E-state index in [1.165, 1.54) is 7.11 Å². The number of carbonyl (C=O) groups is 2. The summed E-state index contributed by atoms with van der Waals surface area (Å²) in [5.74, 6) is -0.636. The Morgan fingerprint density at radius 3 is 2.48 bits per heavy atom. The van der Waals surface area contributed by atoms with Crippen LogP contribution < -0.4 is 10.6 Å². The Labute approximate surface area is 124 Å². The molecule has 1 fully saturated rings. The molecule has 1 aromatic rings. The molecular weight excluding hydrogens is 270 g/mol. The van der Waals surface area contributed by atoms with Crippen molar-refractivity contribution in [2.45, 2.75) is 6.92 Å². The van der Waals surface area contributed by atoms with E-state index in [0.717, 1.165) is 37.4 Å². The van der Waals surface area contributed by atoms with E-state index in [2.05, 4.69) is 4.90 Å². The number of para-hydroxylation sites is 1. The largest absolute Gasteiger partial charge is 0.465 e. The number of primary amides is 1. The maximum Gasteiger partial charge on any atom is 0.339 e. The Kier molecular flexibility index (Phi) is 4.80. The van der Waals surface area contributed by atoms with Gasteiger partial charge in [0, 0.05) is 26.2 Å². The lowest BCUT2D eigenvalue weighted by Crippen LogP contribution is -2.49. The van der Waals surface area contributed by atoms with Crippen LogP contribution in [0.25, 0.3) is 0 Å². The molecule has 1 aromatic carbocycles. The summed E-state index contributed by atoms with van der Waals surface area (Å²) in [6.45, 7) is 5.27. The predicted molar refractivity (Wildman–Crippen MR) is 80.4 cm³/mol. The molecule has 0 aliphatic carbocycles. The van der Waals surface area contributed by atoms with E-state index in [0.29, 0.717) is 5.56 Å². The number of nitrogens with zero attached hydrogens (tertiary/aromatic N) is 2. The Morgan fingerprint density at radius 1 is 1.24 bits per heavy atom. The average Bonchev–Trinajstić information content (AvgIpc) is 2.46. The number of carbonyl (C=O) groups excluding carboxylic acids is 2. The first kappa shape index (κ1) is 15.3. The molecule has 0 radical (unpaired) electrons. The van der Waals surface area contributed by atoms with Gasteiger partial charge < -0.3 is 15.4 Å². The third-order valence-electron chi connectivity index (χ3n) is 3.71. The van der Waals surface area contributed by atoms with E-state index in [9.17, 15) is 9.59 Å². The highest BCUT2D eigenvalue weighted by molar-refractivity contribution is 5.96. The molecule has 6 nitrogen and oxygen atoms in total. The first-order valence-corrected chi connectivity index (χ1v) is 6.96. The van der Waals surface area contributed by atoms with Crippen LogP contribution in [0, 0.1) is 6.92 Å². The quantitative estimate of drug-likeness (QED) is 0.812. The van der Waals surface area contributed by atoms with Gasteiger partial charge in [-0.1, -0.05) is 12.1 Å². The molecule has 1 aliphatic heterocycles. The molecule has 1 amide bonds. The molecule has 114 valence electrons. The van der Waals surface area contributed by atoms with Gasteiger partial charge in [-0.2, -0.15) is 0 Å². The summed E-state index contributed by atoms with van der Waals surface area (Å²) < 4.78 is 4.86. The number of benzene rings is 1. The summed E-state index contributed by atoms with van der Waals surface area (Å²) in [4.78, 5) is 27.1. The van der Waals surface area contributed by atoms with Gasteiger partial charge >= 0.3 is 5.97 Å². The smallest absolute Gasteiger partial charge is 0.339 e. The second-order valence-electron chi connectivity index (χ2n) is 5.19. The molecule has 6 heteroatoms. The number of anilines is 1. The normalized spacial score (nSPS) is 15.8. The number of esters is 1. The molecule has 0 spiro atoms. The number of nitrogens with two attached hydrogens (primary N) is 1. The molecule has 1 aliphatic rings. The molecule has 21 heavy (non-hydrogen) atoms. The SMILES string of the molecule is COC(=O)c1cccc(C)c1N1CCN(CC(N)=O)CC1. The monoisotopic (exact) mass is 291 g/mol. The molecular formula is C15H21N3O3. The van der Waals surface area contributed by atoms with Crippen molar-refractivity contribution in [3.05, 3.63) is 29.3 Å². The van der Waals surface area contributed by atoms with Crippen LogP contribution in [0.2, 0.25) is 0 Å². The molecule has 0 unspecified atom stereocenters. The van der Waals surface area contributed by atoms with Crippen molar-refractivity contribution >= 4 is 17.6 Å². The second-order valence-corrected chi connectivity index (χ2v) is 5.19. The molecule has 0 atom stereocenters. The summed E-state index contributed by atoms with van der Waals surface area (Å²) in [7, 11) is 1.39. The molecule has 2 N–H and O–H groups in total. The van der Waals surface area contributed by atoms with Crippen molar-refractivity contribution in [1.29, 1.82) is 0 Å². The zero-order chi connectivity index (χ0) is 15.4. The van der Waals surface area contributed by atoms with E-state index < -0.39 is 0 Å². The Balaban J connectivity index is 2.16. The van der Waals surface area contributed by atoms with E-state index in [1.54, 1.807) is 6.07 Å². The maximum atomic E-state index is 11.9. The number of methoxy groups -OCH3 is 1. The number of hydrogen-bond donors (Lipinski definition) is 1. The van der Waals surface area contributed by atoms with Crippen LogP contribution >= 0.6 is 0 Å². The van der Waals surface area contributed by atoms with Crippen molar-refractivity contribution in [3.8, 4) is 0 Å². The van der Waals surface area contributed by atoms with Crippen LogP contribution in [0.5, 0.6) is 0 Å². The van der Waals surface area contributed by atoms with Gasteiger partial charge in [0.15, 0.2) is 0 Å². The zero-order valence-electron chi connectivity index (χ0n) is 12.5. The van der Waals surface area contributed by atoms with Crippen molar-refractivity contribution in [2.75, 3.05) is 44.7 Å². The molecule has 0 saturated carbocycles. The van der Waals surface area contributed by atoms with Gasteiger partial charge in [-0.3, -0.25) is 9.69 Å². The van der Waals surface area contributed by atoms with Crippen molar-refractivity contribution in [3.63, 3.8) is 0 Å². The van der Waals surface area contributed by atoms with Gasteiger partial charge in [0.1, 0.15) is 0 Å². The fourth-order valence-electron chi connectivity index (χ4n) is 2.70. The fourth-order valence-corrected chi connectivity index (χ4v) is 2.70. The summed E-state index contributed by atoms with van der Waals surface area (Å²) in [5, 5.41) is 0. The first-order valence-electron chi connectivity index (χ1n) is 6.96. The number of rotatable bonds is 4. The Morgan fingerprint density at radius 2 is 1.90 bits per heavy atom. The predicted octanol–water partition coefficient (Wildman–Crippen LogP) is 0.389. The Bertz CT molecular complexity index is 537.